The van der Waals surface area contributed by atoms with E-state index in [2.05, 4.69) is 4.98 Å². The second-order valence-electron chi connectivity index (χ2n) is 3.87. The Morgan fingerprint density at radius 1 is 1.53 bits per heavy atom. The highest BCUT2D eigenvalue weighted by Crippen LogP contribution is 2.09. The number of anilines is 1. The number of pyridine rings is 1. The van der Waals surface area contributed by atoms with Crippen molar-refractivity contribution in [2.75, 3.05) is 30.5 Å². The molecule has 3 N–H and O–H groups in total. The molecule has 1 aromatic heterocycles. The predicted molar refractivity (Wildman–Crippen MR) is 68.2 cm³/mol. The number of nitrogens with zero attached hydrogens (tertiary/aromatic N) is 2. The van der Waals surface area contributed by atoms with Crippen LogP contribution in [0.5, 0.6) is 0 Å². The van der Waals surface area contributed by atoms with Gasteiger partial charge in [-0.25, -0.2) is 13.4 Å². The van der Waals surface area contributed by atoms with E-state index in [1.54, 1.807) is 24.1 Å². The molecule has 0 bridgehead atoms. The zero-order chi connectivity index (χ0) is 13.1. The highest BCUT2D eigenvalue weighted by molar-refractivity contribution is 7.90. The summed E-state index contributed by atoms with van der Waals surface area (Å²) in [7, 11) is -1.21. The average Bonchev–Trinajstić information content (AvgIpc) is 2.25. The van der Waals surface area contributed by atoms with Crippen molar-refractivity contribution in [2.45, 2.75) is 0 Å². The quantitative estimate of drug-likeness (QED) is 0.563. The third-order valence-corrected chi connectivity index (χ3v) is 3.17. The zero-order valence-electron chi connectivity index (χ0n) is 9.84. The van der Waals surface area contributed by atoms with Crippen molar-refractivity contribution in [3.63, 3.8) is 0 Å². The van der Waals surface area contributed by atoms with Crippen molar-refractivity contribution in [3.05, 3.63) is 23.9 Å². The van der Waals surface area contributed by atoms with Crippen molar-refractivity contribution in [3.8, 4) is 0 Å². The van der Waals surface area contributed by atoms with Crippen LogP contribution in [0.25, 0.3) is 0 Å². The number of hydrogen-bond donors (Lipinski definition) is 2. The lowest BCUT2D eigenvalue weighted by molar-refractivity contribution is 0.601. The van der Waals surface area contributed by atoms with E-state index in [1.807, 2.05) is 0 Å². The third kappa shape index (κ3) is 4.39. The van der Waals surface area contributed by atoms with Gasteiger partial charge in [-0.15, -0.1) is 0 Å². The van der Waals surface area contributed by atoms with Crippen molar-refractivity contribution in [1.29, 1.82) is 5.41 Å². The predicted octanol–water partition coefficient (Wildman–Crippen LogP) is -0.154. The Kier molecular flexibility index (Phi) is 4.06. The molecule has 0 fully saturated rings. The monoisotopic (exact) mass is 256 g/mol. The molecule has 0 spiro atoms. The number of aromatic nitrogens is 1. The van der Waals surface area contributed by atoms with Crippen LogP contribution in [0, 0.1) is 5.41 Å². The lowest BCUT2D eigenvalue weighted by Gasteiger charge is -2.17. The minimum atomic E-state index is -2.97. The maximum atomic E-state index is 11.0. The fourth-order valence-corrected chi connectivity index (χ4v) is 1.79. The van der Waals surface area contributed by atoms with E-state index in [-0.39, 0.29) is 11.6 Å². The molecule has 0 amide bonds. The molecule has 0 aliphatic rings. The summed E-state index contributed by atoms with van der Waals surface area (Å²) in [5.41, 5.74) is 5.85. The van der Waals surface area contributed by atoms with Gasteiger partial charge in [-0.05, 0) is 12.1 Å². The maximum absolute atomic E-state index is 11.0. The number of sulfone groups is 1. The Hall–Kier alpha value is -1.63. The molecular weight excluding hydrogens is 240 g/mol. The molecule has 0 atom stereocenters. The number of nitrogens with one attached hydrogen (secondary N) is 1. The van der Waals surface area contributed by atoms with E-state index in [0.29, 0.717) is 17.9 Å². The van der Waals surface area contributed by atoms with Gasteiger partial charge in [-0.2, -0.15) is 0 Å². The fourth-order valence-electron chi connectivity index (χ4n) is 1.19. The van der Waals surface area contributed by atoms with Crippen molar-refractivity contribution in [1.82, 2.24) is 4.98 Å². The number of nitrogens with two attached hydrogens (primary N) is 1. The molecule has 0 saturated carbocycles. The minimum absolute atomic E-state index is 0.0390. The third-order valence-electron chi connectivity index (χ3n) is 2.25. The van der Waals surface area contributed by atoms with Crippen LogP contribution in [0.2, 0.25) is 0 Å². The van der Waals surface area contributed by atoms with Gasteiger partial charge in [0.05, 0.1) is 5.75 Å². The van der Waals surface area contributed by atoms with Crippen LogP contribution in [-0.4, -0.2) is 44.8 Å². The molecule has 0 radical (unpaired) electrons. The van der Waals surface area contributed by atoms with Crippen LogP contribution < -0.4 is 10.6 Å². The Labute approximate surface area is 101 Å². The summed E-state index contributed by atoms with van der Waals surface area (Å²) in [6, 6.07) is 3.39. The Balaban J connectivity index is 2.70. The molecule has 94 valence electrons. The van der Waals surface area contributed by atoms with E-state index in [9.17, 15) is 8.42 Å². The molecule has 0 aliphatic heterocycles. The SMILES string of the molecule is CN(CCS(C)(=O)=O)c1ccc(C(=N)N)cn1. The van der Waals surface area contributed by atoms with E-state index in [1.165, 1.54) is 12.5 Å². The standard InChI is InChI=1S/C10H16N4O2S/c1-14(5-6-17(2,15)16)9-4-3-8(7-13-9)10(11)12/h3-4,7H,5-6H2,1-2H3,(H3,11,12). The van der Waals surface area contributed by atoms with Crippen molar-refractivity contribution in [2.24, 2.45) is 5.73 Å². The van der Waals surface area contributed by atoms with Crippen LogP contribution in [-0.2, 0) is 9.84 Å². The fraction of sp³-hybridized carbons (Fsp3) is 0.400. The number of nitrogen functional groups attached to an aromatic ring is 1. The van der Waals surface area contributed by atoms with E-state index < -0.39 is 9.84 Å². The summed E-state index contributed by atoms with van der Waals surface area (Å²) < 4.78 is 22.0. The van der Waals surface area contributed by atoms with Gasteiger partial charge in [0.15, 0.2) is 0 Å². The second kappa shape index (κ2) is 5.13. The number of rotatable bonds is 5. The molecule has 1 heterocycles. The summed E-state index contributed by atoms with van der Waals surface area (Å²) in [6.07, 6.45) is 2.70. The molecular formula is C10H16N4O2S. The summed E-state index contributed by atoms with van der Waals surface area (Å²) in [5, 5.41) is 7.22. The molecule has 17 heavy (non-hydrogen) atoms. The van der Waals surface area contributed by atoms with Crippen molar-refractivity contribution < 1.29 is 8.42 Å². The van der Waals surface area contributed by atoms with Gasteiger partial charge in [-0.1, -0.05) is 0 Å². The Morgan fingerprint density at radius 3 is 2.59 bits per heavy atom. The van der Waals surface area contributed by atoms with Crippen LogP contribution in [0.3, 0.4) is 0 Å². The molecule has 1 rings (SSSR count). The lowest BCUT2D eigenvalue weighted by atomic mass is 10.2. The largest absolute Gasteiger partial charge is 0.384 e. The molecule has 0 saturated heterocycles. The highest BCUT2D eigenvalue weighted by atomic mass is 32.2. The lowest BCUT2D eigenvalue weighted by Crippen LogP contribution is -2.25. The highest BCUT2D eigenvalue weighted by Gasteiger charge is 2.07. The molecule has 6 nitrogen and oxygen atoms in total. The maximum Gasteiger partial charge on any atom is 0.149 e. The van der Waals surface area contributed by atoms with E-state index in [0.717, 1.165) is 0 Å². The first-order valence-corrected chi connectivity index (χ1v) is 7.05. The summed E-state index contributed by atoms with van der Waals surface area (Å²) in [5.74, 6) is 0.695. The van der Waals surface area contributed by atoms with Crippen molar-refractivity contribution >= 4 is 21.5 Å². The van der Waals surface area contributed by atoms with E-state index >= 15 is 0 Å². The molecule has 1 aromatic rings. The Morgan fingerprint density at radius 2 is 2.18 bits per heavy atom. The van der Waals surface area contributed by atoms with Gasteiger partial charge < -0.3 is 10.6 Å². The van der Waals surface area contributed by atoms with Crippen LogP contribution in [0.4, 0.5) is 5.82 Å². The number of amidine groups is 1. The first kappa shape index (κ1) is 13.4. The normalized spacial score (nSPS) is 11.2. The number of hydrogen-bond acceptors (Lipinski definition) is 5. The van der Waals surface area contributed by atoms with Gasteiger partial charge in [0.1, 0.15) is 21.5 Å². The first-order chi connectivity index (χ1) is 7.79. The summed E-state index contributed by atoms with van der Waals surface area (Å²) in [6.45, 7) is 0.380. The van der Waals surface area contributed by atoms with Crippen LogP contribution in [0.15, 0.2) is 18.3 Å². The molecule has 7 heteroatoms. The van der Waals surface area contributed by atoms with E-state index in [4.69, 9.17) is 11.1 Å². The van der Waals surface area contributed by atoms with Crippen LogP contribution >= 0.6 is 0 Å². The molecule has 0 aliphatic carbocycles. The zero-order valence-corrected chi connectivity index (χ0v) is 10.7. The van der Waals surface area contributed by atoms with Gasteiger partial charge in [0.25, 0.3) is 0 Å². The first-order valence-electron chi connectivity index (χ1n) is 4.99. The molecule has 0 unspecified atom stereocenters. The van der Waals surface area contributed by atoms with Gasteiger partial charge in [0.2, 0.25) is 0 Å². The van der Waals surface area contributed by atoms with Gasteiger partial charge >= 0.3 is 0 Å². The Bertz CT molecular complexity index is 496. The second-order valence-corrected chi connectivity index (χ2v) is 6.13. The molecule has 0 aromatic carbocycles. The van der Waals surface area contributed by atoms with Crippen LogP contribution in [0.1, 0.15) is 5.56 Å². The smallest absolute Gasteiger partial charge is 0.149 e. The minimum Gasteiger partial charge on any atom is -0.384 e. The summed E-state index contributed by atoms with van der Waals surface area (Å²) >= 11 is 0. The summed E-state index contributed by atoms with van der Waals surface area (Å²) in [4.78, 5) is 5.85. The topological polar surface area (TPSA) is 100 Å². The average molecular weight is 256 g/mol. The van der Waals surface area contributed by atoms with Gasteiger partial charge in [0, 0.05) is 31.6 Å². The van der Waals surface area contributed by atoms with Gasteiger partial charge in [-0.3, -0.25) is 5.41 Å².